The summed E-state index contributed by atoms with van der Waals surface area (Å²) in [6.45, 7) is 3.84. The molecule has 0 fully saturated rings. The molecule has 0 spiro atoms. The summed E-state index contributed by atoms with van der Waals surface area (Å²) < 4.78 is 0. The average molecular weight is 236 g/mol. The van der Waals surface area contributed by atoms with Crippen molar-refractivity contribution in [3.63, 3.8) is 0 Å². The number of hydrogen-bond acceptors (Lipinski definition) is 4. The number of nitrogens with two attached hydrogens (primary N) is 2. The van der Waals surface area contributed by atoms with E-state index in [4.69, 9.17) is 21.7 Å². The highest BCUT2D eigenvalue weighted by molar-refractivity contribution is 5.54. The quantitative estimate of drug-likeness (QED) is 0.567. The van der Waals surface area contributed by atoms with Crippen LogP contribution in [-0.2, 0) is 0 Å². The minimum absolute atomic E-state index is 0.125. The molecule has 0 unspecified atom stereocenters. The largest absolute Gasteiger partial charge is 0.394 e. The molecule has 0 saturated heterocycles. The Morgan fingerprint density at radius 3 is 2.29 bits per heavy atom. The highest BCUT2D eigenvalue weighted by atomic mass is 16.3. The molecule has 4 heteroatoms. The Bertz CT molecular complexity index is 402. The van der Waals surface area contributed by atoms with Gasteiger partial charge in [0, 0.05) is 0 Å². The molecule has 0 aliphatic carbocycles. The number of aryl methyl sites for hydroxylation is 2. The van der Waals surface area contributed by atoms with Crippen LogP contribution in [0.4, 0.5) is 0 Å². The van der Waals surface area contributed by atoms with Crippen molar-refractivity contribution in [2.75, 3.05) is 13.2 Å². The third-order valence-corrected chi connectivity index (χ3v) is 1.93. The van der Waals surface area contributed by atoms with Crippen molar-refractivity contribution in [3.8, 4) is 0 Å². The third kappa shape index (κ3) is 7.19. The van der Waals surface area contributed by atoms with Crippen LogP contribution in [0.25, 0.3) is 6.08 Å². The van der Waals surface area contributed by atoms with Gasteiger partial charge in [0.05, 0.1) is 13.2 Å². The van der Waals surface area contributed by atoms with E-state index in [1.165, 1.54) is 11.1 Å². The van der Waals surface area contributed by atoms with Gasteiger partial charge in [0.15, 0.2) is 0 Å². The maximum absolute atomic E-state index is 7.62. The Labute approximate surface area is 102 Å². The molecular formula is C13H20N2O2. The van der Waals surface area contributed by atoms with E-state index >= 15 is 0 Å². The van der Waals surface area contributed by atoms with Crippen LogP contribution in [0.3, 0.4) is 0 Å². The van der Waals surface area contributed by atoms with Crippen LogP contribution < -0.4 is 11.5 Å². The number of aliphatic hydroxyl groups is 2. The monoisotopic (exact) mass is 236 g/mol. The topological polar surface area (TPSA) is 92.5 Å². The van der Waals surface area contributed by atoms with Gasteiger partial charge in [0.1, 0.15) is 5.82 Å². The molecule has 0 bridgehead atoms. The number of benzene rings is 1. The summed E-state index contributed by atoms with van der Waals surface area (Å²) in [5.74, 6) is 0.209. The second kappa shape index (κ2) is 8.42. The molecular weight excluding hydrogens is 216 g/mol. The summed E-state index contributed by atoms with van der Waals surface area (Å²) in [5, 5.41) is 15.2. The molecule has 1 rings (SSSR count). The van der Waals surface area contributed by atoms with Crippen molar-refractivity contribution in [1.82, 2.24) is 0 Å². The minimum Gasteiger partial charge on any atom is -0.394 e. The van der Waals surface area contributed by atoms with Gasteiger partial charge in [-0.05, 0) is 31.1 Å². The maximum atomic E-state index is 7.62. The first kappa shape index (κ1) is 15.3. The molecule has 0 heterocycles. The van der Waals surface area contributed by atoms with Gasteiger partial charge in [-0.1, -0.05) is 29.5 Å². The van der Waals surface area contributed by atoms with Crippen LogP contribution in [0.1, 0.15) is 16.7 Å². The Morgan fingerprint density at radius 2 is 1.82 bits per heavy atom. The first-order valence-corrected chi connectivity index (χ1v) is 5.28. The Kier molecular flexibility index (Phi) is 7.55. The maximum Gasteiger partial charge on any atom is 0.138 e. The van der Waals surface area contributed by atoms with Gasteiger partial charge >= 0.3 is 0 Å². The van der Waals surface area contributed by atoms with E-state index in [-0.39, 0.29) is 19.0 Å². The number of rotatable bonds is 2. The Balaban J connectivity index is 0.000000557. The summed E-state index contributed by atoms with van der Waals surface area (Å²) in [6, 6.07) is 6.21. The number of aliphatic hydroxyl groups excluding tert-OH is 2. The van der Waals surface area contributed by atoms with Crippen LogP contribution in [0, 0.1) is 13.8 Å². The van der Waals surface area contributed by atoms with Crippen molar-refractivity contribution < 1.29 is 10.2 Å². The molecule has 17 heavy (non-hydrogen) atoms. The van der Waals surface area contributed by atoms with Crippen LogP contribution in [0.2, 0.25) is 0 Å². The van der Waals surface area contributed by atoms with Crippen LogP contribution >= 0.6 is 0 Å². The molecule has 1 aromatic rings. The number of hydrogen-bond donors (Lipinski definition) is 4. The Hall–Kier alpha value is -1.74. The lowest BCUT2D eigenvalue weighted by molar-refractivity contribution is 0.186. The van der Waals surface area contributed by atoms with Crippen LogP contribution in [0.15, 0.2) is 29.8 Å². The standard InChI is InChI=1S/C11H14N2.C2H6O2/c1-8-3-4-9(2)10(7-8)5-6-11(12)13;3-1-2-4/h3-5,7H,12-13H2,1-2H3;3-4H,1-2H2. The zero-order chi connectivity index (χ0) is 13.3. The fourth-order valence-corrected chi connectivity index (χ4v) is 1.08. The highest BCUT2D eigenvalue weighted by Crippen LogP contribution is 2.11. The SMILES string of the molecule is Cc1ccc(C)c(C=C=C(N)N)c1.OCCO. The van der Waals surface area contributed by atoms with Crippen LogP contribution in [0.5, 0.6) is 0 Å². The van der Waals surface area contributed by atoms with E-state index in [0.29, 0.717) is 0 Å². The second-order valence-corrected chi connectivity index (χ2v) is 3.55. The van der Waals surface area contributed by atoms with Crippen LogP contribution in [-0.4, -0.2) is 23.4 Å². The van der Waals surface area contributed by atoms with Gasteiger partial charge in [-0.25, -0.2) is 0 Å². The van der Waals surface area contributed by atoms with Gasteiger partial charge in [-0.2, -0.15) is 0 Å². The average Bonchev–Trinajstić information content (AvgIpc) is 2.30. The van der Waals surface area contributed by atoms with Gasteiger partial charge in [-0.3, -0.25) is 0 Å². The molecule has 0 aromatic heterocycles. The molecule has 0 aliphatic heterocycles. The predicted octanol–water partition coefficient (Wildman–Crippen LogP) is 0.645. The third-order valence-electron chi connectivity index (χ3n) is 1.93. The van der Waals surface area contributed by atoms with Gasteiger partial charge in [0.25, 0.3) is 0 Å². The van der Waals surface area contributed by atoms with E-state index in [0.717, 1.165) is 5.56 Å². The zero-order valence-corrected chi connectivity index (χ0v) is 10.3. The van der Waals surface area contributed by atoms with Gasteiger partial charge in [0.2, 0.25) is 0 Å². The fraction of sp³-hybridized carbons (Fsp3) is 0.308. The van der Waals surface area contributed by atoms with Crippen molar-refractivity contribution in [2.45, 2.75) is 13.8 Å². The summed E-state index contributed by atoms with van der Waals surface area (Å²) in [5.41, 5.74) is 16.9. The lowest BCUT2D eigenvalue weighted by Gasteiger charge is -1.99. The van der Waals surface area contributed by atoms with Crippen molar-refractivity contribution >= 4 is 6.08 Å². The molecule has 6 N–H and O–H groups in total. The molecule has 1 aromatic carbocycles. The zero-order valence-electron chi connectivity index (χ0n) is 10.3. The molecule has 0 atom stereocenters. The lowest BCUT2D eigenvalue weighted by atomic mass is 10.1. The van der Waals surface area contributed by atoms with Gasteiger partial charge in [-0.15, -0.1) is 0 Å². The fourth-order valence-electron chi connectivity index (χ4n) is 1.08. The summed E-state index contributed by atoms with van der Waals surface area (Å²) >= 11 is 0. The van der Waals surface area contributed by atoms with Crippen molar-refractivity contribution in [3.05, 3.63) is 46.4 Å². The summed E-state index contributed by atoms with van der Waals surface area (Å²) in [4.78, 5) is 0. The molecule has 94 valence electrons. The molecule has 0 aliphatic rings. The molecule has 4 nitrogen and oxygen atoms in total. The van der Waals surface area contributed by atoms with E-state index in [9.17, 15) is 0 Å². The Morgan fingerprint density at radius 1 is 1.24 bits per heavy atom. The summed E-state index contributed by atoms with van der Waals surface area (Å²) in [7, 11) is 0. The first-order valence-electron chi connectivity index (χ1n) is 5.28. The highest BCUT2D eigenvalue weighted by Gasteiger charge is 1.92. The lowest BCUT2D eigenvalue weighted by Crippen LogP contribution is -2.05. The second-order valence-electron chi connectivity index (χ2n) is 3.55. The van der Waals surface area contributed by atoms with E-state index in [2.05, 4.69) is 23.9 Å². The van der Waals surface area contributed by atoms with E-state index in [1.54, 1.807) is 6.08 Å². The van der Waals surface area contributed by atoms with E-state index < -0.39 is 0 Å². The van der Waals surface area contributed by atoms with Gasteiger partial charge < -0.3 is 21.7 Å². The first-order chi connectivity index (χ1) is 8.01. The minimum atomic E-state index is -0.125. The molecule has 0 amide bonds. The summed E-state index contributed by atoms with van der Waals surface area (Å²) in [6.07, 6.45) is 1.80. The van der Waals surface area contributed by atoms with E-state index in [1.807, 2.05) is 13.8 Å². The predicted molar refractivity (Wildman–Crippen MR) is 70.0 cm³/mol. The normalized spacial score (nSPS) is 8.71. The molecule has 0 saturated carbocycles. The molecule has 0 radical (unpaired) electrons. The van der Waals surface area contributed by atoms with Crippen molar-refractivity contribution in [2.24, 2.45) is 11.5 Å². The van der Waals surface area contributed by atoms with Crippen molar-refractivity contribution in [1.29, 1.82) is 0 Å². The smallest absolute Gasteiger partial charge is 0.138 e.